The first-order chi connectivity index (χ1) is 6.06. The van der Waals surface area contributed by atoms with Crippen LogP contribution in [0.15, 0.2) is 23.4 Å². The zero-order valence-electron chi connectivity index (χ0n) is 7.27. The topological polar surface area (TPSA) is 71.3 Å². The van der Waals surface area contributed by atoms with E-state index in [1.54, 1.807) is 17.8 Å². The summed E-state index contributed by atoms with van der Waals surface area (Å²) in [5.74, 6) is 0. The number of aliphatic hydroxyl groups is 1. The number of hydrogen-bond donors (Lipinski definition) is 2. The van der Waals surface area contributed by atoms with Gasteiger partial charge in [0, 0.05) is 26.0 Å². The number of hydrogen-bond acceptors (Lipinski definition) is 3. The third-order valence-electron chi connectivity index (χ3n) is 1.52. The third kappa shape index (κ3) is 2.55. The Morgan fingerprint density at radius 2 is 2.31 bits per heavy atom. The monoisotopic (exact) mass is 204 g/mol. The summed E-state index contributed by atoms with van der Waals surface area (Å²) in [6.07, 6.45) is 3.15. The molecule has 0 aliphatic heterocycles. The van der Waals surface area contributed by atoms with Gasteiger partial charge in [0.05, 0.1) is 11.5 Å². The summed E-state index contributed by atoms with van der Waals surface area (Å²) in [6, 6.07) is 1.50. The van der Waals surface area contributed by atoms with E-state index in [2.05, 4.69) is 4.72 Å². The maximum atomic E-state index is 11.4. The predicted molar refractivity (Wildman–Crippen MR) is 47.7 cm³/mol. The molecule has 1 aromatic rings. The van der Waals surface area contributed by atoms with E-state index >= 15 is 0 Å². The van der Waals surface area contributed by atoms with Gasteiger partial charge in [0.2, 0.25) is 10.0 Å². The van der Waals surface area contributed by atoms with Gasteiger partial charge in [-0.05, 0) is 6.07 Å². The number of aryl methyl sites for hydroxylation is 1. The highest BCUT2D eigenvalue weighted by Crippen LogP contribution is 2.07. The van der Waals surface area contributed by atoms with Crippen LogP contribution in [0.4, 0.5) is 0 Å². The normalized spacial score (nSPS) is 11.8. The van der Waals surface area contributed by atoms with Gasteiger partial charge in [-0.1, -0.05) is 0 Å². The Balaban J connectivity index is 2.82. The third-order valence-corrected chi connectivity index (χ3v) is 2.97. The Morgan fingerprint density at radius 1 is 1.62 bits per heavy atom. The SMILES string of the molecule is Cn1ccc(S(=O)(=O)NCCO)c1. The molecular weight excluding hydrogens is 192 g/mol. The first-order valence-electron chi connectivity index (χ1n) is 3.79. The van der Waals surface area contributed by atoms with Gasteiger partial charge in [0.25, 0.3) is 0 Å². The fourth-order valence-corrected chi connectivity index (χ4v) is 1.97. The van der Waals surface area contributed by atoms with E-state index < -0.39 is 10.0 Å². The van der Waals surface area contributed by atoms with Crippen LogP contribution in [0.3, 0.4) is 0 Å². The highest BCUT2D eigenvalue weighted by atomic mass is 32.2. The molecule has 2 N–H and O–H groups in total. The standard InChI is InChI=1S/C7H12N2O3S/c1-9-4-2-7(6-9)13(11,12)8-3-5-10/h2,4,6,8,10H,3,5H2,1H3. The van der Waals surface area contributed by atoms with E-state index in [1.165, 1.54) is 12.3 Å². The molecule has 0 saturated heterocycles. The molecular formula is C7H12N2O3S. The number of nitrogens with one attached hydrogen (secondary N) is 1. The fraction of sp³-hybridized carbons (Fsp3) is 0.429. The van der Waals surface area contributed by atoms with Crippen LogP contribution in [-0.2, 0) is 17.1 Å². The summed E-state index contributed by atoms with van der Waals surface area (Å²) in [5, 5.41) is 8.45. The van der Waals surface area contributed by atoms with Crippen LogP contribution in [0.2, 0.25) is 0 Å². The van der Waals surface area contributed by atoms with Gasteiger partial charge >= 0.3 is 0 Å². The van der Waals surface area contributed by atoms with E-state index in [4.69, 9.17) is 5.11 Å². The average molecular weight is 204 g/mol. The minimum atomic E-state index is -3.43. The fourth-order valence-electron chi connectivity index (χ4n) is 0.900. The van der Waals surface area contributed by atoms with Crippen molar-refractivity contribution in [2.75, 3.05) is 13.2 Å². The molecule has 13 heavy (non-hydrogen) atoms. The quantitative estimate of drug-likeness (QED) is 0.681. The highest BCUT2D eigenvalue weighted by molar-refractivity contribution is 7.89. The van der Waals surface area contributed by atoms with E-state index in [0.29, 0.717) is 0 Å². The number of sulfonamides is 1. The van der Waals surface area contributed by atoms with Gasteiger partial charge in [-0.15, -0.1) is 0 Å². The van der Waals surface area contributed by atoms with Crippen LogP contribution in [0.1, 0.15) is 0 Å². The van der Waals surface area contributed by atoms with Crippen LogP contribution in [-0.4, -0.2) is 31.2 Å². The average Bonchev–Trinajstić information content (AvgIpc) is 2.49. The Morgan fingerprint density at radius 3 is 2.77 bits per heavy atom. The van der Waals surface area contributed by atoms with Crippen molar-refractivity contribution in [3.05, 3.63) is 18.5 Å². The van der Waals surface area contributed by atoms with Gasteiger partial charge in [-0.3, -0.25) is 0 Å². The van der Waals surface area contributed by atoms with Crippen molar-refractivity contribution in [1.82, 2.24) is 9.29 Å². The summed E-state index contributed by atoms with van der Waals surface area (Å²) >= 11 is 0. The summed E-state index contributed by atoms with van der Waals surface area (Å²) in [6.45, 7) is -0.163. The molecule has 0 spiro atoms. The van der Waals surface area contributed by atoms with Crippen LogP contribution in [0, 0.1) is 0 Å². The van der Waals surface area contributed by atoms with Crippen molar-refractivity contribution in [1.29, 1.82) is 0 Å². The van der Waals surface area contributed by atoms with Crippen molar-refractivity contribution in [3.63, 3.8) is 0 Å². The number of rotatable bonds is 4. The largest absolute Gasteiger partial charge is 0.395 e. The second kappa shape index (κ2) is 3.91. The maximum Gasteiger partial charge on any atom is 0.242 e. The Bertz CT molecular complexity index is 369. The van der Waals surface area contributed by atoms with E-state index in [9.17, 15) is 8.42 Å². The Kier molecular flexibility index (Phi) is 3.07. The minimum absolute atomic E-state index is 0.0389. The van der Waals surface area contributed by atoms with Gasteiger partial charge in [0.1, 0.15) is 0 Å². The molecule has 0 aliphatic rings. The zero-order chi connectivity index (χ0) is 9.90. The van der Waals surface area contributed by atoms with Gasteiger partial charge in [-0.25, -0.2) is 13.1 Å². The first kappa shape index (κ1) is 10.2. The molecule has 0 aromatic carbocycles. The minimum Gasteiger partial charge on any atom is -0.395 e. The molecule has 0 unspecified atom stereocenters. The highest BCUT2D eigenvalue weighted by Gasteiger charge is 2.13. The van der Waals surface area contributed by atoms with Gasteiger partial charge < -0.3 is 9.67 Å². The van der Waals surface area contributed by atoms with E-state index in [0.717, 1.165) is 0 Å². The number of aromatic nitrogens is 1. The second-order valence-electron chi connectivity index (χ2n) is 2.63. The lowest BCUT2D eigenvalue weighted by Gasteiger charge is -2.01. The van der Waals surface area contributed by atoms with Crippen LogP contribution in [0.5, 0.6) is 0 Å². The van der Waals surface area contributed by atoms with Gasteiger partial charge in [-0.2, -0.15) is 0 Å². The summed E-state index contributed by atoms with van der Waals surface area (Å²) in [7, 11) is -1.69. The maximum absolute atomic E-state index is 11.4. The second-order valence-corrected chi connectivity index (χ2v) is 4.40. The predicted octanol–water partition coefficient (Wildman–Crippen LogP) is -0.704. The lowest BCUT2D eigenvalue weighted by molar-refractivity contribution is 0.301. The summed E-state index contributed by atoms with van der Waals surface area (Å²) in [5.41, 5.74) is 0. The van der Waals surface area contributed by atoms with E-state index in [1.807, 2.05) is 0 Å². The summed E-state index contributed by atoms with van der Waals surface area (Å²) < 4.78 is 26.6. The molecule has 0 saturated carbocycles. The van der Waals surface area contributed by atoms with Crippen molar-refractivity contribution in [3.8, 4) is 0 Å². The Labute approximate surface area is 77.1 Å². The molecule has 1 heterocycles. The first-order valence-corrected chi connectivity index (χ1v) is 5.27. The van der Waals surface area contributed by atoms with E-state index in [-0.39, 0.29) is 18.0 Å². The lowest BCUT2D eigenvalue weighted by Crippen LogP contribution is -2.26. The zero-order valence-corrected chi connectivity index (χ0v) is 8.08. The molecule has 1 aromatic heterocycles. The smallest absolute Gasteiger partial charge is 0.242 e. The molecule has 0 amide bonds. The molecule has 0 bridgehead atoms. The molecule has 1 rings (SSSR count). The molecule has 0 radical (unpaired) electrons. The van der Waals surface area contributed by atoms with Crippen LogP contribution >= 0.6 is 0 Å². The molecule has 6 heteroatoms. The molecule has 5 nitrogen and oxygen atoms in total. The molecule has 0 atom stereocenters. The van der Waals surface area contributed by atoms with Gasteiger partial charge in [0.15, 0.2) is 0 Å². The summed E-state index contributed by atoms with van der Waals surface area (Å²) in [4.78, 5) is 0.212. The lowest BCUT2D eigenvalue weighted by atomic mass is 10.7. The van der Waals surface area contributed by atoms with Crippen molar-refractivity contribution >= 4 is 10.0 Å². The number of aliphatic hydroxyl groups excluding tert-OH is 1. The van der Waals surface area contributed by atoms with Crippen molar-refractivity contribution in [2.24, 2.45) is 7.05 Å². The van der Waals surface area contributed by atoms with Crippen LogP contribution < -0.4 is 4.72 Å². The molecule has 0 aliphatic carbocycles. The van der Waals surface area contributed by atoms with Crippen molar-refractivity contribution < 1.29 is 13.5 Å². The van der Waals surface area contributed by atoms with Crippen molar-refractivity contribution in [2.45, 2.75) is 4.90 Å². The Hall–Kier alpha value is -0.850. The molecule has 0 fully saturated rings. The van der Waals surface area contributed by atoms with Crippen LogP contribution in [0.25, 0.3) is 0 Å². The number of nitrogens with zero attached hydrogens (tertiary/aromatic N) is 1. The molecule has 74 valence electrons.